The molecule has 1 aromatic carbocycles. The fourth-order valence-corrected chi connectivity index (χ4v) is 4.32. The third kappa shape index (κ3) is 4.97. The van der Waals surface area contributed by atoms with E-state index >= 15 is 0 Å². The van der Waals surface area contributed by atoms with Crippen molar-refractivity contribution in [3.63, 3.8) is 0 Å². The van der Waals surface area contributed by atoms with Gasteiger partial charge in [-0.3, -0.25) is 4.79 Å². The average molecular weight is 423 g/mol. The Morgan fingerprint density at radius 3 is 2.60 bits per heavy atom. The first-order valence-electron chi connectivity index (χ1n) is 10.3. The molecular weight excluding hydrogens is 396 g/mol. The maximum Gasteiger partial charge on any atom is 0.270 e. The van der Waals surface area contributed by atoms with E-state index in [2.05, 4.69) is 20.2 Å². The number of hydrogen-bond acceptors (Lipinski definition) is 6. The minimum Gasteiger partial charge on any atom is -0.491 e. The maximum absolute atomic E-state index is 12.7. The fraction of sp³-hybridized carbons (Fsp3) is 0.348. The number of nitrogens with zero attached hydrogens (tertiary/aromatic N) is 3. The van der Waals surface area contributed by atoms with E-state index in [-0.39, 0.29) is 18.1 Å². The van der Waals surface area contributed by atoms with Gasteiger partial charge in [-0.25, -0.2) is 9.97 Å². The number of amides is 1. The summed E-state index contributed by atoms with van der Waals surface area (Å²) >= 11 is 1.48. The normalized spacial score (nSPS) is 14.7. The molecule has 2 aromatic heterocycles. The summed E-state index contributed by atoms with van der Waals surface area (Å²) in [6.07, 6.45) is 3.75. The van der Waals surface area contributed by atoms with Gasteiger partial charge in [0.2, 0.25) is 0 Å². The molecular formula is C23H26N4O2S. The lowest BCUT2D eigenvalue weighted by molar-refractivity contribution is 0.0927. The highest BCUT2D eigenvalue weighted by Crippen LogP contribution is 2.26. The van der Waals surface area contributed by atoms with Gasteiger partial charge in [0.15, 0.2) is 0 Å². The monoisotopic (exact) mass is 422 g/mol. The van der Waals surface area contributed by atoms with Gasteiger partial charge in [-0.05, 0) is 63.1 Å². The molecule has 1 fully saturated rings. The number of rotatable bonds is 6. The van der Waals surface area contributed by atoms with Crippen molar-refractivity contribution in [3.8, 4) is 16.3 Å². The molecule has 3 heterocycles. The van der Waals surface area contributed by atoms with E-state index in [1.165, 1.54) is 11.3 Å². The third-order valence-corrected chi connectivity index (χ3v) is 5.90. The lowest BCUT2D eigenvalue weighted by Crippen LogP contribution is -2.45. The van der Waals surface area contributed by atoms with Crippen molar-refractivity contribution in [2.75, 3.05) is 18.0 Å². The van der Waals surface area contributed by atoms with Crippen LogP contribution in [0.25, 0.3) is 10.6 Å². The van der Waals surface area contributed by atoms with Crippen LogP contribution in [0.15, 0.2) is 54.0 Å². The second-order valence-electron chi connectivity index (χ2n) is 7.65. The van der Waals surface area contributed by atoms with E-state index in [9.17, 15) is 4.79 Å². The van der Waals surface area contributed by atoms with Crippen molar-refractivity contribution in [3.05, 3.63) is 59.7 Å². The molecule has 0 unspecified atom stereocenters. The highest BCUT2D eigenvalue weighted by Gasteiger charge is 2.23. The summed E-state index contributed by atoms with van der Waals surface area (Å²) in [4.78, 5) is 23.9. The first kappa shape index (κ1) is 20.3. The summed E-state index contributed by atoms with van der Waals surface area (Å²) in [5.74, 6) is 1.73. The number of aromatic nitrogens is 2. The van der Waals surface area contributed by atoms with Gasteiger partial charge >= 0.3 is 0 Å². The van der Waals surface area contributed by atoms with Crippen LogP contribution in [-0.4, -0.2) is 41.1 Å². The Hall–Kier alpha value is -2.93. The van der Waals surface area contributed by atoms with Crippen LogP contribution in [0.5, 0.6) is 5.75 Å². The molecule has 1 N–H and O–H groups in total. The van der Waals surface area contributed by atoms with Gasteiger partial charge in [-0.15, -0.1) is 11.3 Å². The second-order valence-corrected chi connectivity index (χ2v) is 8.51. The van der Waals surface area contributed by atoms with Crippen molar-refractivity contribution in [2.45, 2.75) is 38.8 Å². The Morgan fingerprint density at radius 2 is 1.93 bits per heavy atom. The SMILES string of the molecule is CC(C)Oc1ccc(-c2nc(C(=O)NC3CCN(c4ccccn4)CC3)cs2)cc1. The topological polar surface area (TPSA) is 67.3 Å². The summed E-state index contributed by atoms with van der Waals surface area (Å²) < 4.78 is 5.68. The molecule has 0 saturated carbocycles. The highest BCUT2D eigenvalue weighted by molar-refractivity contribution is 7.13. The van der Waals surface area contributed by atoms with Crippen LogP contribution in [0, 0.1) is 0 Å². The van der Waals surface area contributed by atoms with E-state index in [4.69, 9.17) is 4.74 Å². The van der Waals surface area contributed by atoms with Gasteiger partial charge < -0.3 is 15.0 Å². The molecule has 1 saturated heterocycles. The molecule has 0 bridgehead atoms. The lowest BCUT2D eigenvalue weighted by atomic mass is 10.0. The summed E-state index contributed by atoms with van der Waals surface area (Å²) in [6, 6.07) is 13.9. The molecule has 0 aliphatic carbocycles. The molecule has 0 radical (unpaired) electrons. The summed E-state index contributed by atoms with van der Waals surface area (Å²) in [6.45, 7) is 5.77. The number of anilines is 1. The second kappa shape index (κ2) is 9.26. The van der Waals surface area contributed by atoms with Crippen molar-refractivity contribution < 1.29 is 9.53 Å². The Bertz CT molecular complexity index is 964. The maximum atomic E-state index is 12.7. The fourth-order valence-electron chi connectivity index (χ4n) is 3.51. The predicted molar refractivity (Wildman–Crippen MR) is 120 cm³/mol. The van der Waals surface area contributed by atoms with Gasteiger partial charge in [0.25, 0.3) is 5.91 Å². The number of hydrogen-bond donors (Lipinski definition) is 1. The number of benzene rings is 1. The molecule has 1 amide bonds. The Kier molecular flexibility index (Phi) is 6.28. The van der Waals surface area contributed by atoms with Crippen LogP contribution in [0.4, 0.5) is 5.82 Å². The molecule has 156 valence electrons. The van der Waals surface area contributed by atoms with Gasteiger partial charge in [0.05, 0.1) is 6.10 Å². The molecule has 1 aliphatic rings. The number of ether oxygens (including phenoxy) is 1. The van der Waals surface area contributed by atoms with Crippen LogP contribution < -0.4 is 15.0 Å². The number of thiazole rings is 1. The largest absolute Gasteiger partial charge is 0.491 e. The Morgan fingerprint density at radius 1 is 1.17 bits per heavy atom. The van der Waals surface area contributed by atoms with E-state index < -0.39 is 0 Å². The van der Waals surface area contributed by atoms with E-state index in [1.807, 2.05) is 67.9 Å². The van der Waals surface area contributed by atoms with Crippen LogP contribution in [0.2, 0.25) is 0 Å². The van der Waals surface area contributed by atoms with Gasteiger partial charge in [0, 0.05) is 36.3 Å². The summed E-state index contributed by atoms with van der Waals surface area (Å²) in [7, 11) is 0. The lowest BCUT2D eigenvalue weighted by Gasteiger charge is -2.33. The number of carbonyl (C=O) groups is 1. The summed E-state index contributed by atoms with van der Waals surface area (Å²) in [5.41, 5.74) is 1.46. The van der Waals surface area contributed by atoms with E-state index in [1.54, 1.807) is 0 Å². The minimum absolute atomic E-state index is 0.103. The number of carbonyl (C=O) groups excluding carboxylic acids is 1. The van der Waals surface area contributed by atoms with Crippen LogP contribution >= 0.6 is 11.3 Å². The van der Waals surface area contributed by atoms with Crippen LogP contribution in [0.3, 0.4) is 0 Å². The van der Waals surface area contributed by atoms with E-state index in [0.717, 1.165) is 48.1 Å². The van der Waals surface area contributed by atoms with Crippen molar-refractivity contribution >= 4 is 23.1 Å². The molecule has 4 rings (SSSR count). The summed E-state index contributed by atoms with van der Waals surface area (Å²) in [5, 5.41) is 5.80. The van der Waals surface area contributed by atoms with Crippen LogP contribution in [0.1, 0.15) is 37.2 Å². The minimum atomic E-state index is -0.103. The highest BCUT2D eigenvalue weighted by atomic mass is 32.1. The number of nitrogens with one attached hydrogen (secondary N) is 1. The van der Waals surface area contributed by atoms with Crippen LogP contribution in [-0.2, 0) is 0 Å². The van der Waals surface area contributed by atoms with Gasteiger partial charge in [-0.2, -0.15) is 0 Å². The molecule has 7 heteroatoms. The first-order valence-corrected chi connectivity index (χ1v) is 11.2. The van der Waals surface area contributed by atoms with E-state index in [0.29, 0.717) is 5.69 Å². The zero-order chi connectivity index (χ0) is 20.9. The van der Waals surface area contributed by atoms with Crippen molar-refractivity contribution in [2.24, 2.45) is 0 Å². The Balaban J connectivity index is 1.32. The zero-order valence-corrected chi connectivity index (χ0v) is 18.1. The number of pyridine rings is 1. The molecule has 0 atom stereocenters. The molecule has 6 nitrogen and oxygen atoms in total. The predicted octanol–water partition coefficient (Wildman–Crippen LogP) is 4.39. The number of piperidine rings is 1. The molecule has 1 aliphatic heterocycles. The molecule has 30 heavy (non-hydrogen) atoms. The van der Waals surface area contributed by atoms with Crippen molar-refractivity contribution in [1.29, 1.82) is 0 Å². The van der Waals surface area contributed by atoms with Crippen molar-refractivity contribution in [1.82, 2.24) is 15.3 Å². The zero-order valence-electron chi connectivity index (χ0n) is 17.2. The average Bonchev–Trinajstić information content (AvgIpc) is 3.25. The first-order chi connectivity index (χ1) is 14.6. The third-order valence-electron chi connectivity index (χ3n) is 5.01. The molecule has 0 spiro atoms. The smallest absolute Gasteiger partial charge is 0.270 e. The molecule has 3 aromatic rings. The van der Waals surface area contributed by atoms with Gasteiger partial charge in [0.1, 0.15) is 22.3 Å². The van der Waals surface area contributed by atoms with Gasteiger partial charge in [-0.1, -0.05) is 6.07 Å². The Labute approximate surface area is 180 Å². The quantitative estimate of drug-likeness (QED) is 0.638. The standard InChI is InChI=1S/C23H26N4O2S/c1-16(2)29-19-8-6-17(7-9-19)23-26-20(15-30-23)22(28)25-18-10-13-27(14-11-18)21-5-3-4-12-24-21/h3-9,12,15-16,18H,10-11,13-14H2,1-2H3,(H,25,28).